The molecule has 0 aliphatic carbocycles. The smallest absolute Gasteiger partial charge is 0.161 e. The van der Waals surface area contributed by atoms with Crippen LogP contribution in [0.3, 0.4) is 0 Å². The van der Waals surface area contributed by atoms with Crippen molar-refractivity contribution in [1.82, 2.24) is 0 Å². The van der Waals surface area contributed by atoms with Crippen molar-refractivity contribution in [3.63, 3.8) is 0 Å². The molecule has 0 spiro atoms. The van der Waals surface area contributed by atoms with E-state index >= 15 is 0 Å². The zero-order chi connectivity index (χ0) is 8.67. The lowest BCUT2D eigenvalue weighted by Crippen LogP contribution is -2.33. The summed E-state index contributed by atoms with van der Waals surface area (Å²) >= 11 is 0. The first-order valence-corrected chi connectivity index (χ1v) is 4.43. The maximum atomic E-state index is 5.71. The van der Waals surface area contributed by atoms with Crippen LogP contribution in [0.25, 0.3) is 0 Å². The molecule has 3 heteroatoms. The van der Waals surface area contributed by atoms with Crippen molar-refractivity contribution in [2.24, 2.45) is 0 Å². The molecule has 2 atom stereocenters. The third-order valence-electron chi connectivity index (χ3n) is 2.30. The Morgan fingerprint density at radius 1 is 1.00 bits per heavy atom. The first-order chi connectivity index (χ1) is 6.43. The second-order valence-corrected chi connectivity index (χ2v) is 3.29. The Kier molecular flexibility index (Phi) is 1.46. The van der Waals surface area contributed by atoms with Gasteiger partial charge in [-0.15, -0.1) is 0 Å². The monoisotopic (exact) mass is 178 g/mol. The molecule has 0 radical (unpaired) electrons. The third kappa shape index (κ3) is 1.25. The number of para-hydroxylation sites is 2. The van der Waals surface area contributed by atoms with Crippen LogP contribution in [0.1, 0.15) is 0 Å². The normalized spacial score (nSPS) is 29.8. The molecular formula is C10H10O3. The Bertz CT molecular complexity index is 320. The highest BCUT2D eigenvalue weighted by Gasteiger charge is 2.37. The van der Waals surface area contributed by atoms with Crippen molar-refractivity contribution in [3.8, 4) is 11.5 Å². The molecule has 3 rings (SSSR count). The van der Waals surface area contributed by atoms with E-state index in [0.29, 0.717) is 6.61 Å². The highest BCUT2D eigenvalue weighted by molar-refractivity contribution is 5.40. The summed E-state index contributed by atoms with van der Waals surface area (Å²) in [7, 11) is 0. The largest absolute Gasteiger partial charge is 0.486 e. The summed E-state index contributed by atoms with van der Waals surface area (Å²) in [6.07, 6.45) is 0.322. The molecule has 0 N–H and O–H groups in total. The number of benzene rings is 1. The highest BCUT2D eigenvalue weighted by atomic mass is 16.6. The quantitative estimate of drug-likeness (QED) is 0.606. The molecular weight excluding hydrogens is 168 g/mol. The summed E-state index contributed by atoms with van der Waals surface area (Å²) in [4.78, 5) is 0. The van der Waals surface area contributed by atoms with Crippen molar-refractivity contribution in [3.05, 3.63) is 24.3 Å². The van der Waals surface area contributed by atoms with E-state index in [1.807, 2.05) is 24.3 Å². The number of fused-ring (bicyclic) bond motifs is 1. The number of hydrogen-bond donors (Lipinski definition) is 0. The van der Waals surface area contributed by atoms with Crippen molar-refractivity contribution < 1.29 is 14.2 Å². The zero-order valence-electron chi connectivity index (χ0n) is 7.10. The molecule has 2 aliphatic rings. The molecule has 2 aliphatic heterocycles. The fourth-order valence-corrected chi connectivity index (χ4v) is 1.49. The van der Waals surface area contributed by atoms with Crippen LogP contribution in [-0.4, -0.2) is 25.4 Å². The Balaban J connectivity index is 1.85. The Morgan fingerprint density at radius 2 is 1.77 bits per heavy atom. The molecule has 0 amide bonds. The molecule has 0 aromatic heterocycles. The van der Waals surface area contributed by atoms with Crippen LogP contribution in [0.4, 0.5) is 0 Å². The summed E-state index contributed by atoms with van der Waals surface area (Å²) in [6, 6.07) is 7.72. The predicted molar refractivity (Wildman–Crippen MR) is 46.1 cm³/mol. The minimum atomic E-state index is 0.0786. The van der Waals surface area contributed by atoms with Gasteiger partial charge in [0.2, 0.25) is 0 Å². The van der Waals surface area contributed by atoms with E-state index < -0.39 is 0 Å². The van der Waals surface area contributed by atoms with E-state index in [0.717, 1.165) is 18.1 Å². The van der Waals surface area contributed by atoms with Gasteiger partial charge in [-0.25, -0.2) is 0 Å². The van der Waals surface area contributed by atoms with Crippen LogP contribution in [-0.2, 0) is 4.74 Å². The van der Waals surface area contributed by atoms with Crippen LogP contribution in [0, 0.1) is 0 Å². The van der Waals surface area contributed by atoms with E-state index in [4.69, 9.17) is 14.2 Å². The molecule has 68 valence electrons. The van der Waals surface area contributed by atoms with Crippen LogP contribution in [0.2, 0.25) is 0 Å². The Hall–Kier alpha value is -1.22. The van der Waals surface area contributed by atoms with Crippen LogP contribution in [0.15, 0.2) is 24.3 Å². The topological polar surface area (TPSA) is 31.0 Å². The maximum absolute atomic E-state index is 5.71. The zero-order valence-corrected chi connectivity index (χ0v) is 7.10. The Labute approximate surface area is 76.2 Å². The fraction of sp³-hybridized carbons (Fsp3) is 0.400. The van der Waals surface area contributed by atoms with E-state index in [9.17, 15) is 0 Å². The van der Waals surface area contributed by atoms with Gasteiger partial charge in [0.05, 0.1) is 6.61 Å². The van der Waals surface area contributed by atoms with Gasteiger partial charge in [-0.3, -0.25) is 0 Å². The van der Waals surface area contributed by atoms with E-state index in [1.165, 1.54) is 0 Å². The van der Waals surface area contributed by atoms with Gasteiger partial charge in [-0.1, -0.05) is 12.1 Å². The van der Waals surface area contributed by atoms with Gasteiger partial charge in [0, 0.05) is 0 Å². The van der Waals surface area contributed by atoms with Gasteiger partial charge < -0.3 is 14.2 Å². The van der Waals surface area contributed by atoms with E-state index in [1.54, 1.807) is 0 Å². The van der Waals surface area contributed by atoms with Crippen molar-refractivity contribution >= 4 is 0 Å². The standard InChI is InChI=1S/C10H10O3/c1-2-4-8-7(3-1)11-6-10(13-8)9-5-12-9/h1-4,9-10H,5-6H2/t9-,10+/m0/s1. The fourth-order valence-electron chi connectivity index (χ4n) is 1.49. The van der Waals surface area contributed by atoms with Crippen molar-refractivity contribution in [2.45, 2.75) is 12.2 Å². The van der Waals surface area contributed by atoms with Gasteiger partial charge in [0.1, 0.15) is 12.7 Å². The summed E-state index contributed by atoms with van der Waals surface area (Å²) in [5, 5.41) is 0. The average molecular weight is 178 g/mol. The van der Waals surface area contributed by atoms with Crippen molar-refractivity contribution in [1.29, 1.82) is 0 Å². The first kappa shape index (κ1) is 7.21. The van der Waals surface area contributed by atoms with Gasteiger partial charge in [0.15, 0.2) is 17.6 Å². The van der Waals surface area contributed by atoms with Gasteiger partial charge in [0.25, 0.3) is 0 Å². The number of hydrogen-bond acceptors (Lipinski definition) is 3. The van der Waals surface area contributed by atoms with E-state index in [2.05, 4.69) is 0 Å². The molecule has 1 fully saturated rings. The third-order valence-corrected chi connectivity index (χ3v) is 2.30. The molecule has 1 aromatic carbocycles. The predicted octanol–water partition coefficient (Wildman–Crippen LogP) is 1.23. The summed E-state index contributed by atoms with van der Waals surface area (Å²) in [5.41, 5.74) is 0. The first-order valence-electron chi connectivity index (χ1n) is 4.43. The van der Waals surface area contributed by atoms with Gasteiger partial charge in [-0.2, -0.15) is 0 Å². The minimum absolute atomic E-state index is 0.0786. The lowest BCUT2D eigenvalue weighted by Gasteiger charge is -2.25. The van der Waals surface area contributed by atoms with Crippen LogP contribution < -0.4 is 9.47 Å². The SMILES string of the molecule is c1ccc2c(c1)OC[C@H]([C@@H]1CO1)O2. The Morgan fingerprint density at radius 3 is 2.54 bits per heavy atom. The molecule has 0 bridgehead atoms. The molecule has 0 unspecified atom stereocenters. The van der Waals surface area contributed by atoms with E-state index in [-0.39, 0.29) is 12.2 Å². The molecule has 1 saturated heterocycles. The lowest BCUT2D eigenvalue weighted by molar-refractivity contribution is 0.0690. The van der Waals surface area contributed by atoms with Crippen molar-refractivity contribution in [2.75, 3.05) is 13.2 Å². The second kappa shape index (κ2) is 2.64. The molecule has 2 heterocycles. The number of rotatable bonds is 1. The maximum Gasteiger partial charge on any atom is 0.161 e. The summed E-state index contributed by atoms with van der Waals surface area (Å²) in [5.74, 6) is 1.66. The average Bonchev–Trinajstić information content (AvgIpc) is 3.00. The minimum Gasteiger partial charge on any atom is -0.486 e. The van der Waals surface area contributed by atoms with Crippen LogP contribution in [0.5, 0.6) is 11.5 Å². The van der Waals surface area contributed by atoms with Gasteiger partial charge in [-0.05, 0) is 12.1 Å². The molecule has 13 heavy (non-hydrogen) atoms. The lowest BCUT2D eigenvalue weighted by atomic mass is 10.2. The number of ether oxygens (including phenoxy) is 3. The second-order valence-electron chi connectivity index (χ2n) is 3.29. The van der Waals surface area contributed by atoms with Crippen LogP contribution >= 0.6 is 0 Å². The molecule has 0 saturated carbocycles. The highest BCUT2D eigenvalue weighted by Crippen LogP contribution is 2.33. The summed E-state index contributed by atoms with van der Waals surface area (Å²) in [6.45, 7) is 1.40. The van der Waals surface area contributed by atoms with Gasteiger partial charge >= 0.3 is 0 Å². The number of epoxide rings is 1. The molecule has 3 nitrogen and oxygen atoms in total. The molecule has 1 aromatic rings. The summed E-state index contributed by atoms with van der Waals surface area (Å²) < 4.78 is 16.4.